The maximum atomic E-state index is 4.26. The second kappa shape index (κ2) is 5.26. The van der Waals surface area contributed by atoms with Crippen LogP contribution in [0.3, 0.4) is 0 Å². The van der Waals surface area contributed by atoms with E-state index in [1.807, 2.05) is 16.3 Å². The first-order valence-electron chi connectivity index (χ1n) is 6.05. The van der Waals surface area contributed by atoms with Crippen LogP contribution in [0.25, 0.3) is 0 Å². The molecule has 0 fully saturated rings. The summed E-state index contributed by atoms with van der Waals surface area (Å²) < 4.78 is 3.82. The fourth-order valence-electron chi connectivity index (χ4n) is 1.85. The van der Waals surface area contributed by atoms with E-state index in [2.05, 4.69) is 46.4 Å². The summed E-state index contributed by atoms with van der Waals surface area (Å²) in [4.78, 5) is 4.26. The first-order valence-corrected chi connectivity index (χ1v) is 6.05. The molecular formula is C11H19N7. The Balaban J connectivity index is 1.99. The summed E-state index contributed by atoms with van der Waals surface area (Å²) in [5.74, 6) is 1.84. The van der Waals surface area contributed by atoms with Crippen LogP contribution in [-0.2, 0) is 13.6 Å². The summed E-state index contributed by atoms with van der Waals surface area (Å²) in [5, 5.41) is 15.5. The number of hydrogen-bond acceptors (Lipinski definition) is 5. The molecule has 0 radical (unpaired) electrons. The molecule has 0 aliphatic carbocycles. The minimum Gasteiger partial charge on any atom is -0.319 e. The van der Waals surface area contributed by atoms with Crippen LogP contribution >= 0.6 is 0 Å². The molecular weight excluding hydrogens is 230 g/mol. The molecule has 0 bridgehead atoms. The zero-order chi connectivity index (χ0) is 13.1. The first-order chi connectivity index (χ1) is 8.59. The van der Waals surface area contributed by atoms with Crippen molar-refractivity contribution in [3.8, 4) is 0 Å². The second-order valence-corrected chi connectivity index (χ2v) is 4.62. The molecule has 7 heteroatoms. The van der Waals surface area contributed by atoms with Gasteiger partial charge in [0.05, 0.1) is 12.6 Å². The average molecular weight is 249 g/mol. The van der Waals surface area contributed by atoms with E-state index in [9.17, 15) is 0 Å². The van der Waals surface area contributed by atoms with Crippen LogP contribution in [-0.4, -0.2) is 29.5 Å². The average Bonchev–Trinajstić information content (AvgIpc) is 2.94. The molecule has 18 heavy (non-hydrogen) atoms. The normalized spacial score (nSPS) is 13.2. The molecule has 98 valence electrons. The molecule has 0 spiro atoms. The van der Waals surface area contributed by atoms with E-state index in [-0.39, 0.29) is 6.04 Å². The number of nitrogens with zero attached hydrogens (tertiary/aromatic N) is 6. The van der Waals surface area contributed by atoms with Gasteiger partial charge in [-0.2, -0.15) is 5.10 Å². The third-order valence-corrected chi connectivity index (χ3v) is 2.84. The van der Waals surface area contributed by atoms with Gasteiger partial charge in [-0.1, -0.05) is 0 Å². The maximum Gasteiger partial charge on any atom is 0.149 e. The molecule has 0 aliphatic rings. The van der Waals surface area contributed by atoms with Crippen LogP contribution in [0.15, 0.2) is 12.7 Å². The van der Waals surface area contributed by atoms with Crippen molar-refractivity contribution in [2.24, 2.45) is 7.05 Å². The summed E-state index contributed by atoms with van der Waals surface area (Å²) in [6, 6.07) is 0.434. The van der Waals surface area contributed by atoms with Crippen LogP contribution < -0.4 is 5.32 Å². The number of rotatable bonds is 5. The fourth-order valence-corrected chi connectivity index (χ4v) is 1.85. The van der Waals surface area contributed by atoms with Gasteiger partial charge in [-0.05, 0) is 20.8 Å². The summed E-state index contributed by atoms with van der Waals surface area (Å²) in [6.07, 6.45) is 3.29. The Morgan fingerprint density at radius 3 is 2.72 bits per heavy atom. The molecule has 2 aromatic rings. The van der Waals surface area contributed by atoms with Crippen LogP contribution in [0.1, 0.15) is 44.5 Å². The third-order valence-electron chi connectivity index (χ3n) is 2.84. The van der Waals surface area contributed by atoms with Crippen LogP contribution in [0.2, 0.25) is 0 Å². The predicted octanol–water partition coefficient (Wildman–Crippen LogP) is 0.838. The smallest absolute Gasteiger partial charge is 0.149 e. The largest absolute Gasteiger partial charge is 0.319 e. The van der Waals surface area contributed by atoms with Crippen LogP contribution in [0.5, 0.6) is 0 Å². The van der Waals surface area contributed by atoms with Crippen molar-refractivity contribution >= 4 is 0 Å². The molecule has 0 aromatic carbocycles. The summed E-state index contributed by atoms with van der Waals surface area (Å²) in [6.45, 7) is 6.89. The highest BCUT2D eigenvalue weighted by molar-refractivity contribution is 4.94. The van der Waals surface area contributed by atoms with E-state index in [0.717, 1.165) is 11.6 Å². The minimum atomic E-state index is 0.120. The Morgan fingerprint density at radius 1 is 1.33 bits per heavy atom. The summed E-state index contributed by atoms with van der Waals surface area (Å²) in [7, 11) is 1.93. The van der Waals surface area contributed by atoms with Gasteiger partial charge in [-0.25, -0.2) is 9.67 Å². The third kappa shape index (κ3) is 2.56. The zero-order valence-corrected chi connectivity index (χ0v) is 11.2. The van der Waals surface area contributed by atoms with Crippen LogP contribution in [0.4, 0.5) is 0 Å². The van der Waals surface area contributed by atoms with Crippen molar-refractivity contribution in [2.45, 2.75) is 39.4 Å². The molecule has 0 amide bonds. The number of aryl methyl sites for hydroxylation is 1. The lowest BCUT2D eigenvalue weighted by Gasteiger charge is -2.14. The summed E-state index contributed by atoms with van der Waals surface area (Å²) >= 11 is 0. The molecule has 1 unspecified atom stereocenters. The molecule has 2 aromatic heterocycles. The van der Waals surface area contributed by atoms with Gasteiger partial charge in [-0.3, -0.25) is 0 Å². The van der Waals surface area contributed by atoms with Gasteiger partial charge in [-0.15, -0.1) is 10.2 Å². The van der Waals surface area contributed by atoms with Gasteiger partial charge in [0, 0.05) is 13.1 Å². The van der Waals surface area contributed by atoms with Crippen molar-refractivity contribution in [1.29, 1.82) is 0 Å². The van der Waals surface area contributed by atoms with Gasteiger partial charge in [0.2, 0.25) is 0 Å². The maximum absolute atomic E-state index is 4.26. The molecule has 0 saturated carbocycles. The Hall–Kier alpha value is -1.76. The van der Waals surface area contributed by atoms with Crippen molar-refractivity contribution < 1.29 is 0 Å². The standard InChI is InChI=1S/C11H19N7/c1-8(2)18-10(13-6-15-18)5-12-9(3)11-16-14-7-17(11)4/h6-9,12H,5H2,1-4H3. The Labute approximate surface area is 106 Å². The molecule has 1 N–H and O–H groups in total. The highest BCUT2D eigenvalue weighted by Gasteiger charge is 2.13. The topological polar surface area (TPSA) is 73.5 Å². The Bertz CT molecular complexity index is 499. The summed E-state index contributed by atoms with van der Waals surface area (Å²) in [5.41, 5.74) is 0. The van der Waals surface area contributed by atoms with Gasteiger partial charge in [0.25, 0.3) is 0 Å². The first kappa shape index (κ1) is 12.7. The van der Waals surface area contributed by atoms with Gasteiger partial charge >= 0.3 is 0 Å². The lowest BCUT2D eigenvalue weighted by molar-refractivity contribution is 0.463. The minimum absolute atomic E-state index is 0.120. The predicted molar refractivity (Wildman–Crippen MR) is 66.7 cm³/mol. The Kier molecular flexibility index (Phi) is 3.71. The number of hydrogen-bond donors (Lipinski definition) is 1. The molecule has 7 nitrogen and oxygen atoms in total. The van der Waals surface area contributed by atoms with E-state index in [0.29, 0.717) is 12.6 Å². The highest BCUT2D eigenvalue weighted by atomic mass is 15.4. The lowest BCUT2D eigenvalue weighted by atomic mass is 10.3. The Morgan fingerprint density at radius 2 is 2.11 bits per heavy atom. The van der Waals surface area contributed by atoms with E-state index in [1.54, 1.807) is 12.7 Å². The van der Waals surface area contributed by atoms with Crippen molar-refractivity contribution in [3.05, 3.63) is 24.3 Å². The fraction of sp³-hybridized carbons (Fsp3) is 0.636. The van der Waals surface area contributed by atoms with E-state index in [4.69, 9.17) is 0 Å². The van der Waals surface area contributed by atoms with E-state index < -0.39 is 0 Å². The van der Waals surface area contributed by atoms with Crippen LogP contribution in [0, 0.1) is 0 Å². The van der Waals surface area contributed by atoms with Crippen molar-refractivity contribution in [1.82, 2.24) is 34.8 Å². The van der Waals surface area contributed by atoms with Crippen molar-refractivity contribution in [2.75, 3.05) is 0 Å². The van der Waals surface area contributed by atoms with Crippen molar-refractivity contribution in [3.63, 3.8) is 0 Å². The molecule has 1 atom stereocenters. The molecule has 2 heterocycles. The lowest BCUT2D eigenvalue weighted by Crippen LogP contribution is -2.23. The van der Waals surface area contributed by atoms with E-state index in [1.165, 1.54) is 0 Å². The monoisotopic (exact) mass is 249 g/mol. The molecule has 2 rings (SSSR count). The molecule has 0 aliphatic heterocycles. The zero-order valence-electron chi connectivity index (χ0n) is 11.2. The highest BCUT2D eigenvalue weighted by Crippen LogP contribution is 2.10. The molecule has 0 saturated heterocycles. The van der Waals surface area contributed by atoms with E-state index >= 15 is 0 Å². The number of aromatic nitrogens is 6. The van der Waals surface area contributed by atoms with Gasteiger partial charge in [0.15, 0.2) is 0 Å². The van der Waals surface area contributed by atoms with Gasteiger partial charge in [0.1, 0.15) is 24.3 Å². The second-order valence-electron chi connectivity index (χ2n) is 4.62. The van der Waals surface area contributed by atoms with Gasteiger partial charge < -0.3 is 9.88 Å². The SMILES string of the molecule is CC(NCc1ncnn1C(C)C)c1nncn1C. The number of nitrogens with one attached hydrogen (secondary N) is 1. The quantitative estimate of drug-likeness (QED) is 0.850.